The molecule has 6 nitrogen and oxygen atoms in total. The van der Waals surface area contributed by atoms with Crippen molar-refractivity contribution in [2.75, 3.05) is 4.90 Å². The molecule has 3 aromatic carbocycles. The van der Waals surface area contributed by atoms with E-state index in [2.05, 4.69) is 15.9 Å². The lowest BCUT2D eigenvalue weighted by atomic mass is 9.77. The number of benzene rings is 3. The molecule has 2 fully saturated rings. The number of anilines is 1. The molecule has 1 aliphatic carbocycles. The van der Waals surface area contributed by atoms with Crippen LogP contribution in [0.25, 0.3) is 0 Å². The standard InChI is InChI=1S/C26H14BrCl2NO5/c27-13-5-3-4-12(10-13)21-19-20(25(34)30(24(19)33)14-8-9-17(28)18(29)11-14)26(35-21)22(31)15-6-1-2-7-16(15)23(26)32/h1-11,19-21H/t19-,20-,21-/m1/s1. The second-order valence-corrected chi connectivity index (χ2v) is 10.4. The molecule has 2 amide bonds. The van der Waals surface area contributed by atoms with E-state index in [0.29, 0.717) is 5.56 Å². The van der Waals surface area contributed by atoms with E-state index in [1.165, 1.54) is 30.3 Å². The van der Waals surface area contributed by atoms with Crippen LogP contribution in [0.4, 0.5) is 5.69 Å². The van der Waals surface area contributed by atoms with Crippen LogP contribution in [0.3, 0.4) is 0 Å². The van der Waals surface area contributed by atoms with Gasteiger partial charge in [-0.1, -0.05) is 75.5 Å². The molecule has 3 aliphatic rings. The molecule has 0 N–H and O–H groups in total. The number of hydrogen-bond donors (Lipinski definition) is 0. The maximum absolute atomic E-state index is 13.9. The number of ether oxygens (including phenoxy) is 1. The van der Waals surface area contributed by atoms with Crippen molar-refractivity contribution in [2.24, 2.45) is 11.8 Å². The summed E-state index contributed by atoms with van der Waals surface area (Å²) in [5.74, 6) is -4.90. The van der Waals surface area contributed by atoms with Crippen molar-refractivity contribution in [1.29, 1.82) is 0 Å². The minimum atomic E-state index is -2.13. The Morgan fingerprint density at radius 3 is 2.11 bits per heavy atom. The maximum atomic E-state index is 13.9. The number of nitrogens with zero attached hydrogens (tertiary/aromatic N) is 1. The predicted octanol–water partition coefficient (Wildman–Crippen LogP) is 5.45. The van der Waals surface area contributed by atoms with Gasteiger partial charge in [0.05, 0.1) is 33.7 Å². The third-order valence-electron chi connectivity index (χ3n) is 6.86. The zero-order valence-electron chi connectivity index (χ0n) is 17.7. The Labute approximate surface area is 217 Å². The van der Waals surface area contributed by atoms with Gasteiger partial charge in [-0.3, -0.25) is 19.2 Å². The number of rotatable bonds is 2. The van der Waals surface area contributed by atoms with E-state index in [1.807, 2.05) is 0 Å². The van der Waals surface area contributed by atoms with Crippen molar-refractivity contribution in [3.05, 3.63) is 97.9 Å². The van der Waals surface area contributed by atoms with Crippen LogP contribution in [0.15, 0.2) is 71.2 Å². The minimum Gasteiger partial charge on any atom is -0.349 e. The summed E-state index contributed by atoms with van der Waals surface area (Å²) < 4.78 is 6.98. The Balaban J connectivity index is 1.55. The van der Waals surface area contributed by atoms with Crippen LogP contribution in [-0.2, 0) is 14.3 Å². The molecular formula is C26H14BrCl2NO5. The summed E-state index contributed by atoms with van der Waals surface area (Å²) in [6, 6.07) is 17.8. The average Bonchev–Trinajstić information content (AvgIpc) is 3.41. The number of imide groups is 1. The molecule has 0 bridgehead atoms. The highest BCUT2D eigenvalue weighted by atomic mass is 79.9. The Kier molecular flexibility index (Phi) is 5.06. The molecule has 9 heteroatoms. The van der Waals surface area contributed by atoms with Crippen LogP contribution in [0.5, 0.6) is 0 Å². The summed E-state index contributed by atoms with van der Waals surface area (Å²) in [4.78, 5) is 56.1. The summed E-state index contributed by atoms with van der Waals surface area (Å²) in [6.45, 7) is 0. The van der Waals surface area contributed by atoms with Crippen LogP contribution in [-0.4, -0.2) is 29.0 Å². The number of halogens is 3. The van der Waals surface area contributed by atoms with Crippen molar-refractivity contribution in [2.45, 2.75) is 11.7 Å². The van der Waals surface area contributed by atoms with Gasteiger partial charge in [0.25, 0.3) is 0 Å². The Morgan fingerprint density at radius 1 is 0.800 bits per heavy atom. The second kappa shape index (κ2) is 7.83. The van der Waals surface area contributed by atoms with E-state index in [0.717, 1.165) is 9.37 Å². The lowest BCUT2D eigenvalue weighted by molar-refractivity contribution is -0.127. The fourth-order valence-electron chi connectivity index (χ4n) is 5.38. The summed E-state index contributed by atoms with van der Waals surface area (Å²) in [5.41, 5.74) is -0.986. The highest BCUT2D eigenvalue weighted by molar-refractivity contribution is 9.10. The highest BCUT2D eigenvalue weighted by Gasteiger charge is 2.74. The molecule has 0 saturated carbocycles. The van der Waals surface area contributed by atoms with Gasteiger partial charge in [0.1, 0.15) is 0 Å². The predicted molar refractivity (Wildman–Crippen MR) is 132 cm³/mol. The minimum absolute atomic E-state index is 0.164. The Bertz CT molecular complexity index is 1450. The molecule has 0 aromatic heterocycles. The highest BCUT2D eigenvalue weighted by Crippen LogP contribution is 2.58. The summed E-state index contributed by atoms with van der Waals surface area (Å²) in [6.07, 6.45) is -0.996. The zero-order valence-corrected chi connectivity index (χ0v) is 20.8. The van der Waals surface area contributed by atoms with E-state index < -0.39 is 46.9 Å². The van der Waals surface area contributed by atoms with Crippen LogP contribution in [0.1, 0.15) is 32.4 Å². The van der Waals surface area contributed by atoms with Gasteiger partial charge in [-0.25, -0.2) is 4.90 Å². The van der Waals surface area contributed by atoms with E-state index >= 15 is 0 Å². The largest absolute Gasteiger partial charge is 0.349 e. The average molecular weight is 571 g/mol. The molecule has 1 spiro atoms. The van der Waals surface area contributed by atoms with Gasteiger partial charge in [0.2, 0.25) is 29.0 Å². The van der Waals surface area contributed by atoms with Crippen molar-refractivity contribution in [1.82, 2.24) is 0 Å². The van der Waals surface area contributed by atoms with Crippen molar-refractivity contribution in [3.63, 3.8) is 0 Å². The number of ketones is 2. The van der Waals surface area contributed by atoms with E-state index in [4.69, 9.17) is 27.9 Å². The van der Waals surface area contributed by atoms with E-state index in [1.54, 1.807) is 36.4 Å². The Hall–Kier alpha value is -2.84. The first kappa shape index (κ1) is 22.6. The first-order valence-electron chi connectivity index (χ1n) is 10.7. The lowest BCUT2D eigenvalue weighted by Gasteiger charge is -2.27. The molecule has 0 unspecified atom stereocenters. The van der Waals surface area contributed by atoms with Crippen molar-refractivity contribution in [3.8, 4) is 0 Å². The van der Waals surface area contributed by atoms with Crippen molar-refractivity contribution < 1.29 is 23.9 Å². The molecule has 35 heavy (non-hydrogen) atoms. The maximum Gasteiger partial charge on any atom is 0.241 e. The van der Waals surface area contributed by atoms with Crippen molar-refractivity contribution >= 4 is 68.2 Å². The van der Waals surface area contributed by atoms with E-state index in [9.17, 15) is 19.2 Å². The molecule has 2 aliphatic heterocycles. The van der Waals surface area contributed by atoms with Crippen LogP contribution in [0.2, 0.25) is 10.0 Å². The summed E-state index contributed by atoms with van der Waals surface area (Å²) >= 11 is 15.6. The molecule has 2 heterocycles. The van der Waals surface area contributed by atoms with Gasteiger partial charge in [0, 0.05) is 15.6 Å². The zero-order chi connectivity index (χ0) is 24.6. The number of carbonyl (C=O) groups is 4. The molecule has 6 rings (SSSR count). The smallest absolute Gasteiger partial charge is 0.241 e. The number of Topliss-reactive ketones (excluding diaryl/α,β-unsaturated/α-hetero) is 2. The van der Waals surface area contributed by atoms with Gasteiger partial charge < -0.3 is 4.74 Å². The summed E-state index contributed by atoms with van der Waals surface area (Å²) in [7, 11) is 0. The second-order valence-electron chi connectivity index (χ2n) is 8.65. The number of carbonyl (C=O) groups excluding carboxylic acids is 4. The SMILES string of the molecule is O=C1[C@H]2[C@@H](c3cccc(Br)c3)OC3(C(=O)c4ccccc4C3=O)[C@H]2C(=O)N1c1ccc(Cl)c(Cl)c1. The monoisotopic (exact) mass is 569 g/mol. The van der Waals surface area contributed by atoms with Gasteiger partial charge in [-0.05, 0) is 35.9 Å². The van der Waals surface area contributed by atoms with E-state index in [-0.39, 0.29) is 26.9 Å². The summed E-state index contributed by atoms with van der Waals surface area (Å²) in [5, 5.41) is 0.426. The van der Waals surface area contributed by atoms with Crippen LogP contribution in [0, 0.1) is 11.8 Å². The molecule has 0 radical (unpaired) electrons. The number of amides is 2. The lowest BCUT2D eigenvalue weighted by Crippen LogP contribution is -2.51. The Morgan fingerprint density at radius 2 is 1.49 bits per heavy atom. The van der Waals surface area contributed by atoms with Crippen LogP contribution < -0.4 is 4.90 Å². The third kappa shape index (κ3) is 2.99. The molecule has 3 atom stereocenters. The van der Waals surface area contributed by atoms with Crippen LogP contribution >= 0.6 is 39.1 Å². The van der Waals surface area contributed by atoms with Gasteiger partial charge in [-0.2, -0.15) is 0 Å². The molecule has 3 aromatic rings. The molecule has 2 saturated heterocycles. The third-order valence-corrected chi connectivity index (χ3v) is 8.09. The van der Waals surface area contributed by atoms with Gasteiger partial charge >= 0.3 is 0 Å². The first-order chi connectivity index (χ1) is 16.8. The quantitative estimate of drug-likeness (QED) is 0.302. The normalized spacial score (nSPS) is 24.4. The first-order valence-corrected chi connectivity index (χ1v) is 12.3. The topological polar surface area (TPSA) is 80.8 Å². The van der Waals surface area contributed by atoms with Gasteiger partial charge in [-0.15, -0.1) is 0 Å². The number of fused-ring (bicyclic) bond motifs is 3. The molecular weight excluding hydrogens is 557 g/mol. The fourth-order valence-corrected chi connectivity index (χ4v) is 6.09. The van der Waals surface area contributed by atoms with Gasteiger partial charge in [0.15, 0.2) is 0 Å². The molecule has 174 valence electrons. The fraction of sp³-hybridized carbons (Fsp3) is 0.154. The number of hydrogen-bond acceptors (Lipinski definition) is 5.